The zero-order chi connectivity index (χ0) is 14.8. The van der Waals surface area contributed by atoms with Gasteiger partial charge in [0.2, 0.25) is 5.95 Å². The van der Waals surface area contributed by atoms with Crippen molar-refractivity contribution in [2.24, 2.45) is 0 Å². The molecule has 20 heavy (non-hydrogen) atoms. The number of methoxy groups -OCH3 is 1. The summed E-state index contributed by atoms with van der Waals surface area (Å²) in [5, 5.41) is 0. The fraction of sp³-hybridized carbons (Fsp3) is 0.533. The van der Waals surface area contributed by atoms with E-state index < -0.39 is 0 Å². The summed E-state index contributed by atoms with van der Waals surface area (Å²) >= 11 is 1.91. The van der Waals surface area contributed by atoms with Crippen molar-refractivity contribution < 1.29 is 4.74 Å². The van der Waals surface area contributed by atoms with Crippen LogP contribution in [0.1, 0.15) is 26.7 Å². The molecule has 1 aromatic carbocycles. The highest BCUT2D eigenvalue weighted by Crippen LogP contribution is 2.34. The third-order valence-corrected chi connectivity index (χ3v) is 5.73. The summed E-state index contributed by atoms with van der Waals surface area (Å²) in [5.41, 5.74) is 8.08. The molecule has 0 aliphatic heterocycles. The average Bonchev–Trinajstić information content (AvgIpc) is 2.79. The van der Waals surface area contributed by atoms with Gasteiger partial charge >= 0.3 is 0 Å². The Morgan fingerprint density at radius 3 is 2.60 bits per heavy atom. The molecule has 2 aromatic rings. The predicted octanol–water partition coefficient (Wildman–Crippen LogP) is 3.55. The van der Waals surface area contributed by atoms with Gasteiger partial charge in [0.15, 0.2) is 0 Å². The number of hydrogen-bond donors (Lipinski definition) is 1. The van der Waals surface area contributed by atoms with Crippen molar-refractivity contribution in [2.45, 2.75) is 38.0 Å². The van der Waals surface area contributed by atoms with Gasteiger partial charge in [0, 0.05) is 17.4 Å². The van der Waals surface area contributed by atoms with E-state index in [-0.39, 0.29) is 4.75 Å². The minimum Gasteiger partial charge on any atom is -0.497 e. The topological polar surface area (TPSA) is 53.1 Å². The van der Waals surface area contributed by atoms with Crippen molar-refractivity contribution in [1.29, 1.82) is 0 Å². The first-order chi connectivity index (χ1) is 9.59. The minimum absolute atomic E-state index is 0.210. The maximum absolute atomic E-state index is 6.12. The average molecular weight is 293 g/mol. The Morgan fingerprint density at radius 1 is 1.35 bits per heavy atom. The molecule has 0 atom stereocenters. The van der Waals surface area contributed by atoms with E-state index in [4.69, 9.17) is 10.5 Å². The molecule has 5 heteroatoms. The number of ether oxygens (including phenoxy) is 1. The highest BCUT2D eigenvalue weighted by atomic mass is 32.2. The Labute approximate surface area is 124 Å². The van der Waals surface area contributed by atoms with Gasteiger partial charge in [-0.1, -0.05) is 13.8 Å². The third-order valence-electron chi connectivity index (χ3n) is 4.15. The molecule has 0 fully saturated rings. The molecule has 0 spiro atoms. The van der Waals surface area contributed by atoms with E-state index in [9.17, 15) is 0 Å². The lowest BCUT2D eigenvalue weighted by atomic mass is 10.0. The number of thioether (sulfide) groups is 1. The standard InChI is InChI=1S/C15H23N3OS/c1-5-15(6-2,20-4)10-18-13-8-7-11(19-3)9-12(13)17-14(18)16/h7-9H,5-6,10H2,1-4H3,(H2,16,17). The van der Waals surface area contributed by atoms with Crippen LogP contribution in [0.15, 0.2) is 18.2 Å². The Bertz CT molecular complexity index is 582. The minimum atomic E-state index is 0.210. The van der Waals surface area contributed by atoms with Crippen molar-refractivity contribution in [1.82, 2.24) is 9.55 Å². The first-order valence-corrected chi connectivity index (χ1v) is 8.16. The number of fused-ring (bicyclic) bond motifs is 1. The molecule has 0 radical (unpaired) electrons. The summed E-state index contributed by atoms with van der Waals surface area (Å²) in [6, 6.07) is 5.92. The highest BCUT2D eigenvalue weighted by Gasteiger charge is 2.27. The second kappa shape index (κ2) is 5.95. The van der Waals surface area contributed by atoms with E-state index in [2.05, 4.69) is 29.7 Å². The van der Waals surface area contributed by atoms with Gasteiger partial charge in [-0.25, -0.2) is 4.98 Å². The van der Waals surface area contributed by atoms with Gasteiger partial charge in [-0.3, -0.25) is 0 Å². The zero-order valence-corrected chi connectivity index (χ0v) is 13.5. The van der Waals surface area contributed by atoms with Crippen LogP contribution in [-0.2, 0) is 6.54 Å². The summed E-state index contributed by atoms with van der Waals surface area (Å²) in [6.45, 7) is 5.35. The lowest BCUT2D eigenvalue weighted by Crippen LogP contribution is -2.29. The van der Waals surface area contributed by atoms with Gasteiger partial charge in [0.25, 0.3) is 0 Å². The smallest absolute Gasteiger partial charge is 0.201 e. The second-order valence-electron chi connectivity index (χ2n) is 5.01. The summed E-state index contributed by atoms with van der Waals surface area (Å²) in [4.78, 5) is 4.46. The maximum Gasteiger partial charge on any atom is 0.201 e. The monoisotopic (exact) mass is 293 g/mol. The van der Waals surface area contributed by atoms with Crippen molar-refractivity contribution in [2.75, 3.05) is 19.1 Å². The molecule has 1 aromatic heterocycles. The molecule has 0 saturated carbocycles. The molecule has 0 amide bonds. The van der Waals surface area contributed by atoms with Crippen LogP contribution in [0.4, 0.5) is 5.95 Å². The third kappa shape index (κ3) is 2.59. The Morgan fingerprint density at radius 2 is 2.05 bits per heavy atom. The number of nitrogen functional groups attached to an aromatic ring is 1. The fourth-order valence-corrected chi connectivity index (χ4v) is 3.37. The summed E-state index contributed by atoms with van der Waals surface area (Å²) in [5.74, 6) is 1.39. The second-order valence-corrected chi connectivity index (χ2v) is 6.28. The van der Waals surface area contributed by atoms with Crippen molar-refractivity contribution >= 4 is 28.7 Å². The number of aromatic nitrogens is 2. The number of hydrogen-bond acceptors (Lipinski definition) is 4. The molecule has 0 saturated heterocycles. The van der Waals surface area contributed by atoms with Crippen LogP contribution in [0.25, 0.3) is 11.0 Å². The Kier molecular flexibility index (Phi) is 4.48. The van der Waals surface area contributed by atoms with Crippen molar-refractivity contribution in [3.05, 3.63) is 18.2 Å². The lowest BCUT2D eigenvalue weighted by molar-refractivity contribution is 0.415. The molecule has 2 N–H and O–H groups in total. The number of nitrogens with zero attached hydrogens (tertiary/aromatic N) is 2. The van der Waals surface area contributed by atoms with E-state index in [1.54, 1.807) is 7.11 Å². The molecule has 110 valence electrons. The predicted molar refractivity (Wildman–Crippen MR) is 87.5 cm³/mol. The van der Waals surface area contributed by atoms with Crippen LogP contribution >= 0.6 is 11.8 Å². The molecule has 0 bridgehead atoms. The van der Waals surface area contributed by atoms with Crippen LogP contribution in [-0.4, -0.2) is 27.7 Å². The van der Waals surface area contributed by atoms with Gasteiger partial charge in [0.05, 0.1) is 18.1 Å². The van der Waals surface area contributed by atoms with E-state index in [1.165, 1.54) is 0 Å². The number of nitrogens with two attached hydrogens (primary N) is 1. The zero-order valence-electron chi connectivity index (χ0n) is 12.6. The van der Waals surface area contributed by atoms with Crippen molar-refractivity contribution in [3.63, 3.8) is 0 Å². The van der Waals surface area contributed by atoms with Gasteiger partial charge in [-0.15, -0.1) is 0 Å². The molecular weight excluding hydrogens is 270 g/mol. The summed E-state index contributed by atoms with van der Waals surface area (Å²) in [6.07, 6.45) is 4.39. The molecule has 1 heterocycles. The van der Waals surface area contributed by atoms with Gasteiger partial charge < -0.3 is 15.0 Å². The molecule has 4 nitrogen and oxygen atoms in total. The van der Waals surface area contributed by atoms with Crippen LogP contribution in [0, 0.1) is 0 Å². The number of benzene rings is 1. The van der Waals surface area contributed by atoms with E-state index in [0.717, 1.165) is 36.2 Å². The molecule has 2 rings (SSSR count). The normalized spacial score (nSPS) is 12.0. The maximum atomic E-state index is 6.12. The van der Waals surface area contributed by atoms with Gasteiger partial charge in [-0.05, 0) is 31.2 Å². The van der Waals surface area contributed by atoms with E-state index in [1.807, 2.05) is 30.0 Å². The molecular formula is C15H23N3OS. The van der Waals surface area contributed by atoms with Gasteiger partial charge in [-0.2, -0.15) is 11.8 Å². The summed E-state index contributed by atoms with van der Waals surface area (Å²) in [7, 11) is 1.66. The molecule has 0 aliphatic rings. The Hall–Kier alpha value is -1.36. The lowest BCUT2D eigenvalue weighted by Gasteiger charge is -2.30. The summed E-state index contributed by atoms with van der Waals surface area (Å²) < 4.78 is 7.57. The number of imidazole rings is 1. The molecule has 0 aliphatic carbocycles. The Balaban J connectivity index is 2.46. The fourth-order valence-electron chi connectivity index (χ4n) is 2.54. The quantitative estimate of drug-likeness (QED) is 0.885. The number of rotatable bonds is 6. The first-order valence-electron chi connectivity index (χ1n) is 6.94. The first kappa shape index (κ1) is 15.0. The SMILES string of the molecule is CCC(CC)(Cn1c(N)nc2cc(OC)ccc21)SC. The number of anilines is 1. The van der Waals surface area contributed by atoms with Crippen LogP contribution in [0.5, 0.6) is 5.75 Å². The largest absolute Gasteiger partial charge is 0.497 e. The highest BCUT2D eigenvalue weighted by molar-refractivity contribution is 8.00. The van der Waals surface area contributed by atoms with Crippen molar-refractivity contribution in [3.8, 4) is 5.75 Å². The van der Waals surface area contributed by atoms with Crippen LogP contribution in [0.2, 0.25) is 0 Å². The molecule has 0 unspecified atom stereocenters. The van der Waals surface area contributed by atoms with E-state index >= 15 is 0 Å². The van der Waals surface area contributed by atoms with Crippen LogP contribution < -0.4 is 10.5 Å². The van der Waals surface area contributed by atoms with Gasteiger partial charge in [0.1, 0.15) is 5.75 Å². The van der Waals surface area contributed by atoms with Crippen LogP contribution in [0.3, 0.4) is 0 Å². The van der Waals surface area contributed by atoms with E-state index in [0.29, 0.717) is 5.95 Å².